The molecule has 4 rings (SSSR count). The fraction of sp³-hybridized carbons (Fsp3) is 0.478. The number of ether oxygens (including phenoxy) is 2. The van der Waals surface area contributed by atoms with E-state index in [1.165, 1.54) is 5.56 Å². The summed E-state index contributed by atoms with van der Waals surface area (Å²) in [6.45, 7) is 1.04. The zero-order valence-corrected chi connectivity index (χ0v) is 19.7. The molecule has 0 bridgehead atoms. The Morgan fingerprint density at radius 1 is 1.19 bits per heavy atom. The first-order chi connectivity index (χ1) is 14.9. The van der Waals surface area contributed by atoms with Gasteiger partial charge in [-0.1, -0.05) is 12.1 Å². The van der Waals surface area contributed by atoms with Crippen molar-refractivity contribution in [2.45, 2.75) is 43.2 Å². The summed E-state index contributed by atoms with van der Waals surface area (Å²) in [4.78, 5) is 19.2. The number of anilines is 1. The SMILES string of the molecule is COc1ccc(C23CCC(NC(=O)Nc4cccc(Br)n4)CC2N(C)CC3)cc1OC. The van der Waals surface area contributed by atoms with Crippen LogP contribution in [0.2, 0.25) is 0 Å². The second-order valence-electron chi connectivity index (χ2n) is 8.39. The molecule has 2 heterocycles. The van der Waals surface area contributed by atoms with Crippen LogP contribution in [0.4, 0.5) is 10.6 Å². The number of benzene rings is 1. The van der Waals surface area contributed by atoms with E-state index in [4.69, 9.17) is 9.47 Å². The lowest BCUT2D eigenvalue weighted by atomic mass is 9.65. The number of hydrogen-bond acceptors (Lipinski definition) is 5. The van der Waals surface area contributed by atoms with Crippen molar-refractivity contribution in [2.75, 3.05) is 33.1 Å². The highest BCUT2D eigenvalue weighted by molar-refractivity contribution is 9.10. The van der Waals surface area contributed by atoms with Crippen LogP contribution in [0.1, 0.15) is 31.2 Å². The molecular formula is C23H29BrN4O3. The average molecular weight is 489 g/mol. The minimum atomic E-state index is -0.213. The van der Waals surface area contributed by atoms with E-state index in [1.807, 2.05) is 18.2 Å². The van der Waals surface area contributed by atoms with Gasteiger partial charge in [-0.3, -0.25) is 5.32 Å². The van der Waals surface area contributed by atoms with E-state index in [1.54, 1.807) is 20.3 Å². The van der Waals surface area contributed by atoms with E-state index in [0.717, 1.165) is 43.7 Å². The predicted molar refractivity (Wildman–Crippen MR) is 124 cm³/mol. The molecule has 0 radical (unpaired) electrons. The molecule has 1 aromatic carbocycles. The van der Waals surface area contributed by atoms with Crippen molar-refractivity contribution in [2.24, 2.45) is 0 Å². The van der Waals surface area contributed by atoms with Crippen LogP contribution in [0.3, 0.4) is 0 Å². The minimum Gasteiger partial charge on any atom is -0.493 e. The molecule has 8 heteroatoms. The Labute approximate surface area is 191 Å². The first-order valence-corrected chi connectivity index (χ1v) is 11.4. The molecule has 7 nitrogen and oxygen atoms in total. The summed E-state index contributed by atoms with van der Waals surface area (Å²) in [5.74, 6) is 2.04. The number of nitrogens with zero attached hydrogens (tertiary/aromatic N) is 2. The summed E-state index contributed by atoms with van der Waals surface area (Å²) < 4.78 is 11.7. The first-order valence-electron chi connectivity index (χ1n) is 10.6. The van der Waals surface area contributed by atoms with Crippen LogP contribution in [0, 0.1) is 0 Å². The van der Waals surface area contributed by atoms with Gasteiger partial charge in [-0.15, -0.1) is 0 Å². The third kappa shape index (κ3) is 4.36. The minimum absolute atomic E-state index is 0.0643. The van der Waals surface area contributed by atoms with Gasteiger partial charge in [-0.05, 0) is 85.0 Å². The highest BCUT2D eigenvalue weighted by Crippen LogP contribution is 2.49. The molecule has 166 valence electrons. The molecule has 3 atom stereocenters. The number of amides is 2. The number of likely N-dealkylation sites (tertiary alicyclic amines) is 1. The fourth-order valence-electron chi connectivity index (χ4n) is 5.21. The van der Waals surface area contributed by atoms with Crippen LogP contribution in [0.5, 0.6) is 11.5 Å². The van der Waals surface area contributed by atoms with Gasteiger partial charge < -0.3 is 19.7 Å². The maximum Gasteiger partial charge on any atom is 0.320 e. The van der Waals surface area contributed by atoms with Gasteiger partial charge >= 0.3 is 6.03 Å². The molecule has 2 N–H and O–H groups in total. The van der Waals surface area contributed by atoms with Crippen LogP contribution >= 0.6 is 15.9 Å². The number of fused-ring (bicyclic) bond motifs is 1. The molecular weight excluding hydrogens is 460 g/mol. The smallest absolute Gasteiger partial charge is 0.320 e. The summed E-state index contributed by atoms with van der Waals surface area (Å²) in [6, 6.07) is 12.0. The molecule has 2 aliphatic rings. The van der Waals surface area contributed by atoms with Gasteiger partial charge in [0.15, 0.2) is 11.5 Å². The first kappa shape index (κ1) is 21.9. The van der Waals surface area contributed by atoms with Crippen LogP contribution in [-0.4, -0.2) is 55.8 Å². The van der Waals surface area contributed by atoms with Crippen LogP contribution in [-0.2, 0) is 5.41 Å². The van der Waals surface area contributed by atoms with Crippen LogP contribution in [0.15, 0.2) is 41.0 Å². The summed E-state index contributed by atoms with van der Waals surface area (Å²) in [7, 11) is 5.52. The van der Waals surface area contributed by atoms with Crippen molar-refractivity contribution in [3.63, 3.8) is 0 Å². The lowest BCUT2D eigenvalue weighted by molar-refractivity contribution is 0.156. The molecule has 2 aromatic rings. The number of nitrogens with one attached hydrogen (secondary N) is 2. The molecule has 2 fully saturated rings. The number of methoxy groups -OCH3 is 2. The molecule has 2 amide bonds. The number of likely N-dealkylation sites (N-methyl/N-ethyl adjacent to an activating group) is 1. The van der Waals surface area contributed by atoms with E-state index >= 15 is 0 Å². The van der Waals surface area contributed by atoms with Gasteiger partial charge in [0.2, 0.25) is 0 Å². The number of halogens is 1. The van der Waals surface area contributed by atoms with E-state index in [0.29, 0.717) is 16.5 Å². The maximum atomic E-state index is 12.5. The third-order valence-electron chi connectivity index (χ3n) is 6.78. The molecule has 1 aliphatic heterocycles. The van der Waals surface area contributed by atoms with Crippen molar-refractivity contribution >= 4 is 27.8 Å². The fourth-order valence-corrected chi connectivity index (χ4v) is 5.55. The van der Waals surface area contributed by atoms with Gasteiger partial charge in [0, 0.05) is 17.5 Å². The van der Waals surface area contributed by atoms with Crippen molar-refractivity contribution in [1.29, 1.82) is 0 Å². The van der Waals surface area contributed by atoms with Gasteiger partial charge in [-0.2, -0.15) is 0 Å². The summed E-state index contributed by atoms with van der Waals surface area (Å²) in [6.07, 6.45) is 3.95. The Kier molecular flexibility index (Phi) is 6.39. The zero-order chi connectivity index (χ0) is 22.0. The normalized spacial score (nSPS) is 25.5. The molecule has 3 unspecified atom stereocenters. The molecule has 1 aromatic heterocycles. The zero-order valence-electron chi connectivity index (χ0n) is 18.2. The molecule has 1 aliphatic carbocycles. The second kappa shape index (κ2) is 9.04. The number of pyridine rings is 1. The average Bonchev–Trinajstić information content (AvgIpc) is 3.10. The number of carbonyl (C=O) groups is 1. The van der Waals surface area contributed by atoms with Crippen LogP contribution < -0.4 is 20.1 Å². The van der Waals surface area contributed by atoms with Crippen molar-refractivity contribution in [3.05, 3.63) is 46.6 Å². The highest BCUT2D eigenvalue weighted by Gasteiger charge is 2.50. The summed E-state index contributed by atoms with van der Waals surface area (Å²) >= 11 is 3.33. The third-order valence-corrected chi connectivity index (χ3v) is 7.22. The maximum absolute atomic E-state index is 12.5. The van der Waals surface area contributed by atoms with E-state index < -0.39 is 0 Å². The Bertz CT molecular complexity index is 956. The molecule has 0 spiro atoms. The van der Waals surface area contributed by atoms with E-state index in [2.05, 4.69) is 55.6 Å². The largest absolute Gasteiger partial charge is 0.493 e. The molecule has 1 saturated carbocycles. The van der Waals surface area contributed by atoms with E-state index in [9.17, 15) is 4.79 Å². The van der Waals surface area contributed by atoms with Gasteiger partial charge in [0.1, 0.15) is 10.4 Å². The number of rotatable bonds is 5. The molecule has 31 heavy (non-hydrogen) atoms. The quantitative estimate of drug-likeness (QED) is 0.617. The van der Waals surface area contributed by atoms with Gasteiger partial charge in [-0.25, -0.2) is 9.78 Å². The summed E-state index contributed by atoms with van der Waals surface area (Å²) in [5.41, 5.74) is 1.36. The standard InChI is InChI=1S/C23H29BrN4O3/c1-28-12-11-23(15-7-8-17(30-2)18(13-15)31-3)10-9-16(14-19(23)28)25-22(29)27-21-6-4-5-20(24)26-21/h4-8,13,16,19H,9-12,14H2,1-3H3,(H2,25,26,27,29). The number of hydrogen-bond donors (Lipinski definition) is 2. The topological polar surface area (TPSA) is 75.7 Å². The number of carbonyl (C=O) groups excluding carboxylic acids is 1. The lowest BCUT2D eigenvalue weighted by Crippen LogP contribution is -2.52. The van der Waals surface area contributed by atoms with Crippen LogP contribution in [0.25, 0.3) is 0 Å². The lowest BCUT2D eigenvalue weighted by Gasteiger charge is -2.45. The van der Waals surface area contributed by atoms with Crippen molar-refractivity contribution < 1.29 is 14.3 Å². The Morgan fingerprint density at radius 2 is 2.00 bits per heavy atom. The van der Waals surface area contributed by atoms with Crippen molar-refractivity contribution in [1.82, 2.24) is 15.2 Å². The van der Waals surface area contributed by atoms with Gasteiger partial charge in [0.25, 0.3) is 0 Å². The number of urea groups is 1. The van der Waals surface area contributed by atoms with E-state index in [-0.39, 0.29) is 17.5 Å². The van der Waals surface area contributed by atoms with Crippen molar-refractivity contribution in [3.8, 4) is 11.5 Å². The highest BCUT2D eigenvalue weighted by atomic mass is 79.9. The number of aromatic nitrogens is 1. The summed E-state index contributed by atoms with van der Waals surface area (Å²) in [5, 5.41) is 5.99. The monoisotopic (exact) mass is 488 g/mol. The van der Waals surface area contributed by atoms with Gasteiger partial charge in [0.05, 0.1) is 14.2 Å². The molecule has 1 saturated heterocycles. The Morgan fingerprint density at radius 3 is 2.74 bits per heavy atom. The Hall–Kier alpha value is -2.32. The Balaban J connectivity index is 1.48. The predicted octanol–water partition coefficient (Wildman–Crippen LogP) is 4.18. The second-order valence-corrected chi connectivity index (χ2v) is 9.20.